The molecular weight excluding hydrogens is 320 g/mol. The first-order valence-corrected chi connectivity index (χ1v) is 9.66. The highest BCUT2D eigenvalue weighted by Crippen LogP contribution is 2.29. The van der Waals surface area contributed by atoms with Crippen molar-refractivity contribution in [1.29, 1.82) is 0 Å². The molecule has 0 aliphatic carbocycles. The molecule has 0 N–H and O–H groups in total. The summed E-state index contributed by atoms with van der Waals surface area (Å²) in [7, 11) is 0. The largest absolute Gasteiger partial charge is 0.372 e. The molecule has 2 aromatic rings. The molecule has 0 bridgehead atoms. The van der Waals surface area contributed by atoms with Gasteiger partial charge in [0, 0.05) is 37.6 Å². The lowest BCUT2D eigenvalue weighted by Crippen LogP contribution is -2.21. The van der Waals surface area contributed by atoms with Crippen LogP contribution in [0.5, 0.6) is 0 Å². The van der Waals surface area contributed by atoms with E-state index in [9.17, 15) is 0 Å². The maximum atomic E-state index is 4.50. The van der Waals surface area contributed by atoms with Crippen LogP contribution in [0.2, 0.25) is 0 Å². The zero-order valence-electron chi connectivity index (χ0n) is 17.1. The van der Waals surface area contributed by atoms with Gasteiger partial charge >= 0.3 is 0 Å². The van der Waals surface area contributed by atoms with Gasteiger partial charge in [0.25, 0.3) is 0 Å². The molecule has 0 aliphatic rings. The Morgan fingerprint density at radius 2 is 0.962 bits per heavy atom. The summed E-state index contributed by atoms with van der Waals surface area (Å²) in [6, 6.07) is 12.8. The maximum Gasteiger partial charge on any atom is 0.0887 e. The van der Waals surface area contributed by atoms with Crippen molar-refractivity contribution in [3.8, 4) is 0 Å². The minimum Gasteiger partial charge on any atom is -0.372 e. The highest BCUT2D eigenvalue weighted by Gasteiger charge is 2.06. The standard InChI is InChI=1S/C22H32N4/c1-7-25(8-2)19-11-13-21(17(5)15-19)23-24-22-14-12-20(16-18(22)6)26(9-3)10-4/h11-16H,7-10H2,1-6H3. The molecule has 0 spiro atoms. The summed E-state index contributed by atoms with van der Waals surface area (Å²) >= 11 is 0. The van der Waals surface area contributed by atoms with Gasteiger partial charge in [-0.1, -0.05) is 0 Å². The second-order valence-corrected chi connectivity index (χ2v) is 6.49. The van der Waals surface area contributed by atoms with Gasteiger partial charge in [0.2, 0.25) is 0 Å². The Kier molecular flexibility index (Phi) is 7.19. The third-order valence-corrected chi connectivity index (χ3v) is 4.88. The van der Waals surface area contributed by atoms with E-state index in [-0.39, 0.29) is 0 Å². The molecule has 0 saturated carbocycles. The molecule has 0 heterocycles. The Balaban J connectivity index is 2.22. The van der Waals surface area contributed by atoms with Crippen LogP contribution in [0.1, 0.15) is 38.8 Å². The van der Waals surface area contributed by atoms with E-state index in [0.29, 0.717) is 0 Å². The van der Waals surface area contributed by atoms with Gasteiger partial charge in [-0.3, -0.25) is 0 Å². The number of azo groups is 1. The van der Waals surface area contributed by atoms with Gasteiger partial charge in [0.1, 0.15) is 0 Å². The predicted molar refractivity (Wildman–Crippen MR) is 114 cm³/mol. The molecule has 0 aromatic heterocycles. The van der Waals surface area contributed by atoms with Crippen LogP contribution >= 0.6 is 0 Å². The quantitative estimate of drug-likeness (QED) is 0.514. The summed E-state index contributed by atoms with van der Waals surface area (Å²) < 4.78 is 0. The normalized spacial score (nSPS) is 11.2. The fraction of sp³-hybridized carbons (Fsp3) is 0.455. The number of hydrogen-bond acceptors (Lipinski definition) is 4. The van der Waals surface area contributed by atoms with Crippen molar-refractivity contribution >= 4 is 22.7 Å². The van der Waals surface area contributed by atoms with Crippen molar-refractivity contribution < 1.29 is 0 Å². The Hall–Kier alpha value is -2.36. The van der Waals surface area contributed by atoms with E-state index in [1.807, 2.05) is 0 Å². The SMILES string of the molecule is CCN(CC)c1ccc(N=Nc2ccc(N(CC)CC)cc2C)c(C)c1. The van der Waals surface area contributed by atoms with Crippen LogP contribution in [0.25, 0.3) is 0 Å². The van der Waals surface area contributed by atoms with Crippen molar-refractivity contribution in [3.63, 3.8) is 0 Å². The lowest BCUT2D eigenvalue weighted by Gasteiger charge is -2.21. The molecule has 4 nitrogen and oxygen atoms in total. The zero-order valence-corrected chi connectivity index (χ0v) is 17.1. The van der Waals surface area contributed by atoms with Crippen molar-refractivity contribution in [1.82, 2.24) is 0 Å². The lowest BCUT2D eigenvalue weighted by atomic mass is 10.1. The maximum absolute atomic E-state index is 4.50. The third-order valence-electron chi connectivity index (χ3n) is 4.88. The van der Waals surface area contributed by atoms with Gasteiger partial charge in [-0.2, -0.15) is 10.2 Å². The van der Waals surface area contributed by atoms with Crippen LogP contribution < -0.4 is 9.80 Å². The first-order valence-electron chi connectivity index (χ1n) is 9.66. The van der Waals surface area contributed by atoms with Crippen molar-refractivity contribution in [3.05, 3.63) is 47.5 Å². The minimum absolute atomic E-state index is 0.924. The lowest BCUT2D eigenvalue weighted by molar-refractivity contribution is 0.865. The van der Waals surface area contributed by atoms with Crippen LogP contribution in [0.3, 0.4) is 0 Å². The average molecular weight is 353 g/mol. The predicted octanol–water partition coefficient (Wildman–Crippen LogP) is 6.41. The second-order valence-electron chi connectivity index (χ2n) is 6.49. The summed E-state index contributed by atoms with van der Waals surface area (Å²) in [4.78, 5) is 4.67. The molecule has 26 heavy (non-hydrogen) atoms. The Morgan fingerprint density at radius 1 is 0.615 bits per heavy atom. The molecule has 2 rings (SSSR count). The molecule has 0 fully saturated rings. The van der Waals surface area contributed by atoms with E-state index in [2.05, 4.69) is 98.0 Å². The number of benzene rings is 2. The first-order chi connectivity index (χ1) is 12.5. The molecule has 0 radical (unpaired) electrons. The molecule has 0 amide bonds. The fourth-order valence-electron chi connectivity index (χ4n) is 3.18. The zero-order chi connectivity index (χ0) is 19.1. The van der Waals surface area contributed by atoms with Crippen molar-refractivity contribution in [2.45, 2.75) is 41.5 Å². The molecule has 0 aliphatic heterocycles. The van der Waals surface area contributed by atoms with E-state index in [0.717, 1.165) is 48.7 Å². The molecular formula is C22H32N4. The molecule has 0 unspecified atom stereocenters. The Morgan fingerprint density at radius 3 is 1.23 bits per heavy atom. The summed E-state index contributed by atoms with van der Waals surface area (Å²) in [5.74, 6) is 0. The van der Waals surface area contributed by atoms with Gasteiger partial charge in [-0.15, -0.1) is 0 Å². The summed E-state index contributed by atoms with van der Waals surface area (Å²) in [5, 5.41) is 8.99. The fourth-order valence-corrected chi connectivity index (χ4v) is 3.18. The van der Waals surface area contributed by atoms with Gasteiger partial charge in [-0.05, 0) is 89.1 Å². The summed E-state index contributed by atoms with van der Waals surface area (Å²) in [6.07, 6.45) is 0. The monoisotopic (exact) mass is 352 g/mol. The Labute approximate surface area is 158 Å². The number of anilines is 2. The van der Waals surface area contributed by atoms with Crippen molar-refractivity contribution in [2.24, 2.45) is 10.2 Å². The second kappa shape index (κ2) is 9.37. The van der Waals surface area contributed by atoms with Gasteiger partial charge in [0.15, 0.2) is 0 Å². The number of nitrogens with zero attached hydrogens (tertiary/aromatic N) is 4. The first kappa shape index (κ1) is 20.0. The van der Waals surface area contributed by atoms with E-state index < -0.39 is 0 Å². The molecule has 2 aromatic carbocycles. The highest BCUT2D eigenvalue weighted by atomic mass is 15.1. The van der Waals surface area contributed by atoms with Crippen LogP contribution in [0.15, 0.2) is 46.6 Å². The van der Waals surface area contributed by atoms with Crippen LogP contribution in [-0.4, -0.2) is 26.2 Å². The van der Waals surface area contributed by atoms with E-state index >= 15 is 0 Å². The molecule has 4 heteroatoms. The van der Waals surface area contributed by atoms with Crippen LogP contribution in [-0.2, 0) is 0 Å². The van der Waals surface area contributed by atoms with E-state index in [4.69, 9.17) is 0 Å². The third kappa shape index (κ3) is 4.63. The van der Waals surface area contributed by atoms with Crippen LogP contribution in [0, 0.1) is 13.8 Å². The summed E-state index contributed by atoms with van der Waals surface area (Å²) in [5.41, 5.74) is 6.63. The number of rotatable bonds is 8. The van der Waals surface area contributed by atoms with Gasteiger partial charge < -0.3 is 9.80 Å². The smallest absolute Gasteiger partial charge is 0.0887 e. The molecule has 0 saturated heterocycles. The number of aryl methyl sites for hydroxylation is 2. The van der Waals surface area contributed by atoms with Gasteiger partial charge in [0.05, 0.1) is 11.4 Å². The number of hydrogen-bond donors (Lipinski definition) is 0. The van der Waals surface area contributed by atoms with E-state index in [1.54, 1.807) is 0 Å². The Bertz CT molecular complexity index is 680. The highest BCUT2D eigenvalue weighted by molar-refractivity contribution is 5.59. The molecule has 0 atom stereocenters. The minimum atomic E-state index is 0.924. The van der Waals surface area contributed by atoms with Gasteiger partial charge in [-0.25, -0.2) is 0 Å². The van der Waals surface area contributed by atoms with E-state index in [1.165, 1.54) is 11.4 Å². The average Bonchev–Trinajstić information content (AvgIpc) is 2.64. The molecule has 140 valence electrons. The van der Waals surface area contributed by atoms with Crippen molar-refractivity contribution in [2.75, 3.05) is 36.0 Å². The van der Waals surface area contributed by atoms with Crippen LogP contribution in [0.4, 0.5) is 22.7 Å². The topological polar surface area (TPSA) is 31.2 Å². The summed E-state index contributed by atoms with van der Waals surface area (Å²) in [6.45, 7) is 16.9.